The molecule has 0 N–H and O–H groups in total. The van der Waals surface area contributed by atoms with Crippen molar-refractivity contribution in [1.82, 2.24) is 13.7 Å². The van der Waals surface area contributed by atoms with E-state index < -0.39 is 10.0 Å². The minimum Gasteiger partial charge on any atom is -0.496 e. The Morgan fingerprint density at radius 2 is 2.00 bits per heavy atom. The molecule has 12 heteroatoms. The molecule has 0 bridgehead atoms. The Labute approximate surface area is 248 Å². The predicted octanol–water partition coefficient (Wildman–Crippen LogP) is 4.39. The van der Waals surface area contributed by atoms with Crippen molar-refractivity contribution in [3.63, 3.8) is 0 Å². The van der Waals surface area contributed by atoms with Crippen LogP contribution in [0.15, 0.2) is 52.0 Å². The fourth-order valence-electron chi connectivity index (χ4n) is 5.86. The van der Waals surface area contributed by atoms with E-state index in [1.54, 1.807) is 17.7 Å². The standard InChI is InChI=1S/C30H35N3O7S2/c1-20-27(28-31-11-16-39-28)41-30-22(18-21(29(34)33(20)30)8-13-32-12-5-17-42(32,35)36)19-26(40-23-9-14-38-15-10-23)24-6-3-4-7-25(24)37-2/h3-4,6-7,11,16,18,23,26H,5,8-10,12-15,17,19H2,1-2H3/t26-/m0/s1. The molecule has 2 aliphatic heterocycles. The molecule has 0 aliphatic carbocycles. The van der Waals surface area contributed by atoms with Crippen LogP contribution in [-0.2, 0) is 32.3 Å². The highest BCUT2D eigenvalue weighted by Crippen LogP contribution is 2.37. The molecule has 1 aromatic carbocycles. The summed E-state index contributed by atoms with van der Waals surface area (Å²) in [5.41, 5.74) is 3.01. The van der Waals surface area contributed by atoms with Gasteiger partial charge in [-0.2, -0.15) is 0 Å². The summed E-state index contributed by atoms with van der Waals surface area (Å²) < 4.78 is 51.8. The highest BCUT2D eigenvalue weighted by Gasteiger charge is 2.30. The van der Waals surface area contributed by atoms with E-state index in [-0.39, 0.29) is 30.1 Å². The highest BCUT2D eigenvalue weighted by molar-refractivity contribution is 7.89. The quantitative estimate of drug-likeness (QED) is 0.259. The van der Waals surface area contributed by atoms with Crippen LogP contribution in [0, 0.1) is 6.92 Å². The molecule has 10 nitrogen and oxygen atoms in total. The molecule has 3 aromatic heterocycles. The molecular weight excluding hydrogens is 578 g/mol. The number of hydrogen-bond acceptors (Lipinski definition) is 9. The Morgan fingerprint density at radius 1 is 1.19 bits per heavy atom. The SMILES string of the molecule is COc1ccccc1[C@H](Cc1cc(CCN2CCCS2(=O)=O)c(=O)n2c(C)c(-c3ncco3)sc12)OC1CCOCC1. The minimum atomic E-state index is -3.27. The van der Waals surface area contributed by atoms with Gasteiger partial charge in [-0.05, 0) is 50.3 Å². The van der Waals surface area contributed by atoms with E-state index in [2.05, 4.69) is 4.98 Å². The van der Waals surface area contributed by atoms with E-state index >= 15 is 0 Å². The summed E-state index contributed by atoms with van der Waals surface area (Å²) in [5, 5.41) is 0. The van der Waals surface area contributed by atoms with Crippen LogP contribution in [0.5, 0.6) is 5.75 Å². The van der Waals surface area contributed by atoms with Gasteiger partial charge in [-0.1, -0.05) is 18.2 Å². The van der Waals surface area contributed by atoms with Crippen LogP contribution < -0.4 is 10.3 Å². The molecule has 0 spiro atoms. The summed E-state index contributed by atoms with van der Waals surface area (Å²) in [6.45, 7) is 3.95. The first-order chi connectivity index (χ1) is 20.4. The van der Waals surface area contributed by atoms with E-state index in [0.29, 0.717) is 50.5 Å². The van der Waals surface area contributed by atoms with Crippen LogP contribution in [0.25, 0.3) is 15.6 Å². The van der Waals surface area contributed by atoms with Gasteiger partial charge >= 0.3 is 0 Å². The van der Waals surface area contributed by atoms with Gasteiger partial charge in [0.05, 0.1) is 31.3 Å². The Hall–Kier alpha value is -3.03. The van der Waals surface area contributed by atoms with E-state index in [1.165, 1.54) is 21.9 Å². The molecular formula is C30H35N3O7S2. The summed E-state index contributed by atoms with van der Waals surface area (Å²) in [7, 11) is -1.62. The van der Waals surface area contributed by atoms with Crippen LogP contribution in [0.4, 0.5) is 0 Å². The number of hydrogen-bond donors (Lipinski definition) is 0. The lowest BCUT2D eigenvalue weighted by molar-refractivity contribution is -0.0699. The van der Waals surface area contributed by atoms with Crippen LogP contribution in [0.3, 0.4) is 0 Å². The number of ether oxygens (including phenoxy) is 3. The molecule has 2 fully saturated rings. The molecule has 0 saturated carbocycles. The van der Waals surface area contributed by atoms with Crippen LogP contribution in [0.2, 0.25) is 0 Å². The minimum absolute atomic E-state index is 0.0309. The third-order valence-corrected chi connectivity index (χ3v) is 11.3. The average molecular weight is 614 g/mol. The number of aryl methyl sites for hydroxylation is 1. The van der Waals surface area contributed by atoms with Gasteiger partial charge in [-0.15, -0.1) is 11.3 Å². The molecule has 6 rings (SSSR count). The second-order valence-electron chi connectivity index (χ2n) is 10.7. The van der Waals surface area contributed by atoms with Crippen molar-refractivity contribution >= 4 is 26.2 Å². The molecule has 42 heavy (non-hydrogen) atoms. The lowest BCUT2D eigenvalue weighted by atomic mass is 9.99. The van der Waals surface area contributed by atoms with E-state index in [0.717, 1.165) is 45.1 Å². The third-order valence-electron chi connectivity index (χ3n) is 8.04. The first kappa shape index (κ1) is 29.1. The number of thiazole rings is 1. The van der Waals surface area contributed by atoms with E-state index in [1.807, 2.05) is 37.3 Å². The maximum absolute atomic E-state index is 13.9. The number of sulfonamides is 1. The largest absolute Gasteiger partial charge is 0.496 e. The van der Waals surface area contributed by atoms with Crippen molar-refractivity contribution in [2.24, 2.45) is 0 Å². The molecule has 2 saturated heterocycles. The summed E-state index contributed by atoms with van der Waals surface area (Å²) in [4.78, 5) is 19.8. The van der Waals surface area contributed by atoms with Crippen molar-refractivity contribution in [2.75, 3.05) is 39.2 Å². The number of rotatable bonds is 10. The second kappa shape index (κ2) is 12.3. The summed E-state index contributed by atoms with van der Waals surface area (Å²) in [5.74, 6) is 1.35. The number of oxazole rings is 1. The van der Waals surface area contributed by atoms with Gasteiger partial charge in [0.1, 0.15) is 21.7 Å². The van der Waals surface area contributed by atoms with Gasteiger partial charge in [0.2, 0.25) is 15.9 Å². The van der Waals surface area contributed by atoms with Crippen LogP contribution in [0.1, 0.15) is 47.8 Å². The fraction of sp³-hybridized carbons (Fsp3) is 0.467. The van der Waals surface area contributed by atoms with Gasteiger partial charge in [0, 0.05) is 49.5 Å². The molecule has 0 unspecified atom stereocenters. The molecule has 2 aliphatic rings. The predicted molar refractivity (Wildman–Crippen MR) is 160 cm³/mol. The maximum Gasteiger partial charge on any atom is 0.259 e. The lowest BCUT2D eigenvalue weighted by Crippen LogP contribution is -2.30. The number of benzene rings is 1. The zero-order chi connectivity index (χ0) is 29.3. The van der Waals surface area contributed by atoms with E-state index in [4.69, 9.17) is 18.6 Å². The number of methoxy groups -OCH3 is 1. The summed E-state index contributed by atoms with van der Waals surface area (Å²) in [6.07, 6.45) is 5.81. The van der Waals surface area contributed by atoms with Crippen molar-refractivity contribution in [3.05, 3.63) is 75.5 Å². The Kier molecular flexibility index (Phi) is 8.51. The van der Waals surface area contributed by atoms with Gasteiger partial charge < -0.3 is 18.6 Å². The Morgan fingerprint density at radius 3 is 2.71 bits per heavy atom. The zero-order valence-electron chi connectivity index (χ0n) is 23.8. The summed E-state index contributed by atoms with van der Waals surface area (Å²) >= 11 is 1.46. The van der Waals surface area contributed by atoms with Gasteiger partial charge in [-0.3, -0.25) is 9.20 Å². The van der Waals surface area contributed by atoms with Crippen LogP contribution in [-0.4, -0.2) is 67.4 Å². The van der Waals surface area contributed by atoms with Crippen molar-refractivity contribution in [3.8, 4) is 16.5 Å². The number of nitrogens with zero attached hydrogens (tertiary/aromatic N) is 3. The van der Waals surface area contributed by atoms with Gasteiger partial charge in [-0.25, -0.2) is 17.7 Å². The first-order valence-electron chi connectivity index (χ1n) is 14.3. The Bertz CT molecular complexity index is 1710. The topological polar surface area (TPSA) is 113 Å². The highest BCUT2D eigenvalue weighted by atomic mass is 32.2. The normalized spacial score (nSPS) is 18.5. The number of fused-ring (bicyclic) bond motifs is 1. The van der Waals surface area contributed by atoms with Gasteiger partial charge in [0.25, 0.3) is 5.56 Å². The third kappa shape index (κ3) is 5.78. The van der Waals surface area contributed by atoms with Crippen LogP contribution >= 0.6 is 11.3 Å². The first-order valence-corrected chi connectivity index (χ1v) is 16.7. The van der Waals surface area contributed by atoms with Crippen molar-refractivity contribution in [2.45, 2.75) is 51.2 Å². The molecule has 5 heterocycles. The average Bonchev–Trinajstić information content (AvgIpc) is 3.73. The number of para-hydroxylation sites is 1. The molecule has 224 valence electrons. The van der Waals surface area contributed by atoms with Crippen molar-refractivity contribution < 1.29 is 27.0 Å². The molecule has 4 aromatic rings. The van der Waals surface area contributed by atoms with Crippen molar-refractivity contribution in [1.29, 1.82) is 0 Å². The second-order valence-corrected chi connectivity index (χ2v) is 13.8. The van der Waals surface area contributed by atoms with E-state index in [9.17, 15) is 13.2 Å². The molecule has 0 amide bonds. The Balaban J connectivity index is 1.44. The van der Waals surface area contributed by atoms with Gasteiger partial charge in [0.15, 0.2) is 0 Å². The molecule has 1 atom stereocenters. The monoisotopic (exact) mass is 613 g/mol. The lowest BCUT2D eigenvalue weighted by Gasteiger charge is -2.29. The zero-order valence-corrected chi connectivity index (χ0v) is 25.4. The summed E-state index contributed by atoms with van der Waals surface area (Å²) in [6, 6.07) is 9.79. The maximum atomic E-state index is 13.9. The fourth-order valence-corrected chi connectivity index (χ4v) is 8.59. The number of aromatic nitrogens is 2. The number of pyridine rings is 1. The molecule has 0 radical (unpaired) electrons. The smallest absolute Gasteiger partial charge is 0.259 e.